The van der Waals surface area contributed by atoms with E-state index in [4.69, 9.17) is 4.98 Å². The first-order valence-corrected chi connectivity index (χ1v) is 15.9. The van der Waals surface area contributed by atoms with Crippen molar-refractivity contribution in [1.82, 2.24) is 4.98 Å². The molecule has 212 valence electrons. The lowest BCUT2D eigenvalue weighted by Gasteiger charge is -2.28. The third-order valence-corrected chi connectivity index (χ3v) is 9.40. The molecule has 0 radical (unpaired) electrons. The van der Waals surface area contributed by atoms with Crippen molar-refractivity contribution < 1.29 is 0 Å². The fourth-order valence-electron chi connectivity index (χ4n) is 7.23. The van der Waals surface area contributed by atoms with Crippen molar-refractivity contribution in [3.05, 3.63) is 169 Å². The molecule has 4 atom stereocenters. The lowest BCUT2D eigenvalue weighted by molar-refractivity contribution is 0.493. The van der Waals surface area contributed by atoms with Gasteiger partial charge < -0.3 is 0 Å². The van der Waals surface area contributed by atoms with Gasteiger partial charge in [-0.15, -0.1) is 6.58 Å². The van der Waals surface area contributed by atoms with Crippen LogP contribution in [0.25, 0.3) is 27.1 Å². The van der Waals surface area contributed by atoms with Gasteiger partial charge in [-0.2, -0.15) is 0 Å². The number of fused-ring (bicyclic) bond motifs is 3. The Bertz CT molecular complexity index is 1770. The number of nitrogens with zero attached hydrogens (tertiary/aromatic N) is 1. The van der Waals surface area contributed by atoms with Crippen LogP contribution in [0.4, 0.5) is 0 Å². The smallest absolute Gasteiger partial charge is 0.0475 e. The maximum Gasteiger partial charge on any atom is 0.0475 e. The number of pyridine rings is 1. The molecule has 0 spiro atoms. The maximum absolute atomic E-state index is 4.81. The van der Waals surface area contributed by atoms with Gasteiger partial charge in [-0.1, -0.05) is 128 Å². The maximum atomic E-state index is 4.81. The van der Waals surface area contributed by atoms with E-state index in [1.165, 1.54) is 56.6 Å². The first-order valence-electron chi connectivity index (χ1n) is 15.9. The van der Waals surface area contributed by atoms with Crippen molar-refractivity contribution in [1.29, 1.82) is 0 Å². The normalized spacial score (nSPS) is 21.8. The van der Waals surface area contributed by atoms with Gasteiger partial charge >= 0.3 is 0 Å². The highest BCUT2D eigenvalue weighted by Crippen LogP contribution is 2.44. The van der Waals surface area contributed by atoms with Gasteiger partial charge in [-0.25, -0.2) is 0 Å². The first-order chi connectivity index (χ1) is 21.3. The molecule has 1 aromatic heterocycles. The molecule has 0 fully saturated rings. The predicted molar refractivity (Wildman–Crippen MR) is 184 cm³/mol. The zero-order valence-electron chi connectivity index (χ0n) is 24.8. The van der Waals surface area contributed by atoms with Crippen molar-refractivity contribution in [3.8, 4) is 0 Å². The van der Waals surface area contributed by atoms with Crippen molar-refractivity contribution in [2.24, 2.45) is 11.8 Å². The first kappa shape index (κ1) is 27.3. The Hall–Kier alpha value is -4.49. The summed E-state index contributed by atoms with van der Waals surface area (Å²) in [6, 6.07) is 22.5. The molecule has 3 aromatic carbocycles. The van der Waals surface area contributed by atoms with E-state index < -0.39 is 0 Å². The molecule has 0 N–H and O–H groups in total. The van der Waals surface area contributed by atoms with Gasteiger partial charge in [0.15, 0.2) is 0 Å². The number of benzene rings is 3. The molecule has 1 heterocycles. The Morgan fingerprint density at radius 1 is 0.860 bits per heavy atom. The molecule has 0 saturated heterocycles. The largest absolute Gasteiger partial charge is 0.260 e. The van der Waals surface area contributed by atoms with Crippen molar-refractivity contribution >= 4 is 27.1 Å². The monoisotopic (exact) mass is 557 g/mol. The molecule has 43 heavy (non-hydrogen) atoms. The van der Waals surface area contributed by atoms with E-state index in [2.05, 4.69) is 140 Å². The molecule has 1 nitrogen and oxygen atoms in total. The van der Waals surface area contributed by atoms with Crippen molar-refractivity contribution in [2.45, 2.75) is 43.9 Å². The van der Waals surface area contributed by atoms with E-state index in [0.717, 1.165) is 25.0 Å². The molecule has 0 saturated carbocycles. The number of hydrogen-bond donors (Lipinski definition) is 0. The third-order valence-electron chi connectivity index (χ3n) is 9.40. The second kappa shape index (κ2) is 12.4. The fraction of sp³-hybridized carbons (Fsp3) is 0.214. The number of allylic oxidation sites excluding steroid dienone is 13. The van der Waals surface area contributed by atoms with Crippen LogP contribution in [0.5, 0.6) is 0 Å². The molecule has 0 bridgehead atoms. The highest BCUT2D eigenvalue weighted by molar-refractivity contribution is 6.13. The Kier molecular flexibility index (Phi) is 7.88. The molecule has 4 aromatic rings. The molecular formula is C42H39N. The average Bonchev–Trinajstić information content (AvgIpc) is 3.07. The summed E-state index contributed by atoms with van der Waals surface area (Å²) >= 11 is 0. The van der Waals surface area contributed by atoms with Crippen LogP contribution in [0.3, 0.4) is 0 Å². The van der Waals surface area contributed by atoms with E-state index in [0.29, 0.717) is 17.8 Å². The summed E-state index contributed by atoms with van der Waals surface area (Å²) in [5.41, 5.74) is 6.49. The summed E-state index contributed by atoms with van der Waals surface area (Å²) < 4.78 is 0. The van der Waals surface area contributed by atoms with Crippen LogP contribution in [0.2, 0.25) is 0 Å². The average molecular weight is 558 g/mol. The standard InChI is InChI=1S/C42H39N/c1-2-13-33(19-12-14-30-24-27-40(43-29-30)32-16-4-3-5-17-32)41-36-20-8-10-22-38(36)42(39-23-11-9-21-37(39)41)35-26-25-31-15-6-7-18-34(31)28-35/h2-5,7-12,16,18-29,31-34H,1,6,13-15,17H2/b19-12-. The third kappa shape index (κ3) is 5.53. The molecule has 0 amide bonds. The summed E-state index contributed by atoms with van der Waals surface area (Å²) in [5.74, 6) is 1.73. The summed E-state index contributed by atoms with van der Waals surface area (Å²) in [5, 5.41) is 5.34. The van der Waals surface area contributed by atoms with Crippen LogP contribution < -0.4 is 0 Å². The van der Waals surface area contributed by atoms with E-state index in [1.807, 2.05) is 6.20 Å². The molecule has 0 aliphatic heterocycles. The summed E-state index contributed by atoms with van der Waals surface area (Å²) in [6.45, 7) is 4.16. The van der Waals surface area contributed by atoms with Crippen molar-refractivity contribution in [3.63, 3.8) is 0 Å². The van der Waals surface area contributed by atoms with Crippen LogP contribution in [-0.2, 0) is 6.42 Å². The second-order valence-electron chi connectivity index (χ2n) is 12.1. The molecular weight excluding hydrogens is 518 g/mol. The minimum absolute atomic E-state index is 0.231. The molecule has 3 aliphatic rings. The molecule has 3 aliphatic carbocycles. The molecule has 4 unspecified atom stereocenters. The summed E-state index contributed by atoms with van der Waals surface area (Å²) in [4.78, 5) is 4.81. The van der Waals surface area contributed by atoms with Gasteiger partial charge in [0.05, 0.1) is 0 Å². The Morgan fingerprint density at radius 2 is 1.65 bits per heavy atom. The van der Waals surface area contributed by atoms with E-state index in [1.54, 1.807) is 0 Å². The van der Waals surface area contributed by atoms with Gasteiger partial charge in [0, 0.05) is 29.6 Å². The predicted octanol–water partition coefficient (Wildman–Crippen LogP) is 11.0. The second-order valence-corrected chi connectivity index (χ2v) is 12.1. The van der Waals surface area contributed by atoms with Gasteiger partial charge in [0.1, 0.15) is 0 Å². The van der Waals surface area contributed by atoms with Crippen molar-refractivity contribution in [2.75, 3.05) is 0 Å². The van der Waals surface area contributed by atoms with Gasteiger partial charge in [0.25, 0.3) is 0 Å². The summed E-state index contributed by atoms with van der Waals surface area (Å²) in [6.07, 6.45) is 34.9. The van der Waals surface area contributed by atoms with Crippen LogP contribution in [0, 0.1) is 11.8 Å². The zero-order chi connectivity index (χ0) is 29.0. The Morgan fingerprint density at radius 3 is 2.35 bits per heavy atom. The highest BCUT2D eigenvalue weighted by atomic mass is 14.7. The highest BCUT2D eigenvalue weighted by Gasteiger charge is 2.24. The Balaban J connectivity index is 1.26. The Labute approximate surface area is 256 Å². The van der Waals surface area contributed by atoms with Crippen LogP contribution in [0.1, 0.15) is 59.9 Å². The quantitative estimate of drug-likeness (QED) is 0.155. The van der Waals surface area contributed by atoms with Crippen LogP contribution in [-0.4, -0.2) is 4.98 Å². The van der Waals surface area contributed by atoms with Crippen LogP contribution >= 0.6 is 0 Å². The minimum atomic E-state index is 0.231. The lowest BCUT2D eigenvalue weighted by atomic mass is 9.76. The summed E-state index contributed by atoms with van der Waals surface area (Å²) in [7, 11) is 0. The number of aromatic nitrogens is 1. The van der Waals surface area contributed by atoms with E-state index >= 15 is 0 Å². The van der Waals surface area contributed by atoms with E-state index in [9.17, 15) is 0 Å². The number of rotatable bonds is 8. The molecule has 1 heteroatoms. The van der Waals surface area contributed by atoms with Gasteiger partial charge in [-0.3, -0.25) is 4.98 Å². The fourth-order valence-corrected chi connectivity index (χ4v) is 7.23. The number of hydrogen-bond acceptors (Lipinski definition) is 1. The van der Waals surface area contributed by atoms with E-state index in [-0.39, 0.29) is 5.92 Å². The lowest BCUT2D eigenvalue weighted by Crippen LogP contribution is -2.14. The topological polar surface area (TPSA) is 12.9 Å². The van der Waals surface area contributed by atoms with Gasteiger partial charge in [0.2, 0.25) is 0 Å². The van der Waals surface area contributed by atoms with Gasteiger partial charge in [-0.05, 0) is 87.9 Å². The van der Waals surface area contributed by atoms with Crippen LogP contribution in [0.15, 0.2) is 146 Å². The zero-order valence-corrected chi connectivity index (χ0v) is 24.8. The minimum Gasteiger partial charge on any atom is -0.260 e. The molecule has 7 rings (SSSR count). The SMILES string of the molecule is C=CCC(/C=C\Cc1ccc(C2C=CC=CC2)nc1)c1c2ccccc2c(C2=CC3C=CCCC3C=C2)c2ccccc12.